The van der Waals surface area contributed by atoms with Crippen molar-refractivity contribution in [2.45, 2.75) is 6.42 Å². The first-order valence-corrected chi connectivity index (χ1v) is 5.00. The Labute approximate surface area is 96.9 Å². The summed E-state index contributed by atoms with van der Waals surface area (Å²) < 4.78 is 13.3. The van der Waals surface area contributed by atoms with E-state index in [0.29, 0.717) is 0 Å². The first-order valence-electron chi connectivity index (χ1n) is 5.00. The number of rotatable bonds is 3. The molecule has 0 amide bonds. The van der Waals surface area contributed by atoms with Gasteiger partial charge in [-0.15, -0.1) is 0 Å². The van der Waals surface area contributed by atoms with Crippen molar-refractivity contribution in [3.8, 4) is 0 Å². The Kier molecular flexibility index (Phi) is 3.09. The van der Waals surface area contributed by atoms with Crippen LogP contribution < -0.4 is 0 Å². The molecule has 0 aliphatic heterocycles. The van der Waals surface area contributed by atoms with E-state index in [1.54, 1.807) is 0 Å². The van der Waals surface area contributed by atoms with Crippen LogP contribution in [-0.2, 0) is 6.42 Å². The summed E-state index contributed by atoms with van der Waals surface area (Å²) >= 11 is 0. The fourth-order valence-corrected chi connectivity index (χ4v) is 1.58. The number of hydrogen-bond acceptors (Lipinski definition) is 3. The van der Waals surface area contributed by atoms with Gasteiger partial charge >= 0.3 is 5.69 Å². The minimum Gasteiger partial charge on any atom is -0.258 e. The van der Waals surface area contributed by atoms with Gasteiger partial charge in [0.05, 0.1) is 4.92 Å². The van der Waals surface area contributed by atoms with Crippen molar-refractivity contribution in [3.05, 3.63) is 69.8 Å². The molecule has 1 aromatic heterocycles. The van der Waals surface area contributed by atoms with Crippen LogP contribution in [0.2, 0.25) is 0 Å². The molecule has 0 saturated heterocycles. The molecule has 2 rings (SSSR count). The summed E-state index contributed by atoms with van der Waals surface area (Å²) in [7, 11) is 0. The highest BCUT2D eigenvalue weighted by Gasteiger charge is 2.20. The molecule has 5 heteroatoms. The minimum atomic E-state index is -0.851. The van der Waals surface area contributed by atoms with Gasteiger partial charge in [-0.2, -0.15) is 4.39 Å². The van der Waals surface area contributed by atoms with E-state index in [9.17, 15) is 14.5 Å². The Hall–Kier alpha value is -2.30. The Bertz CT molecular complexity index is 543. The lowest BCUT2D eigenvalue weighted by molar-refractivity contribution is -0.388. The van der Waals surface area contributed by atoms with Gasteiger partial charge in [0.15, 0.2) is 0 Å². The second-order valence-electron chi connectivity index (χ2n) is 3.51. The van der Waals surface area contributed by atoms with E-state index in [1.807, 2.05) is 30.3 Å². The molecule has 2 aromatic rings. The first-order chi connectivity index (χ1) is 8.18. The van der Waals surface area contributed by atoms with E-state index in [1.165, 1.54) is 6.20 Å². The Balaban J connectivity index is 2.40. The zero-order valence-electron chi connectivity index (χ0n) is 8.84. The van der Waals surface area contributed by atoms with Gasteiger partial charge in [0.1, 0.15) is 5.69 Å². The molecule has 0 spiro atoms. The third-order valence-corrected chi connectivity index (χ3v) is 2.35. The number of pyridine rings is 1. The van der Waals surface area contributed by atoms with E-state index in [2.05, 4.69) is 4.98 Å². The van der Waals surface area contributed by atoms with Gasteiger partial charge < -0.3 is 0 Å². The number of nitrogens with zero attached hydrogens (tertiary/aromatic N) is 2. The first kappa shape index (κ1) is 11.2. The molecule has 0 aliphatic rings. The molecule has 1 heterocycles. The van der Waals surface area contributed by atoms with Crippen molar-refractivity contribution >= 4 is 5.69 Å². The van der Waals surface area contributed by atoms with Gasteiger partial charge in [-0.3, -0.25) is 15.1 Å². The SMILES string of the molecule is O=[N+]([O-])c1c(F)ccnc1Cc1ccccc1. The average Bonchev–Trinajstić information content (AvgIpc) is 2.30. The standard InChI is InChI=1S/C12H9FN2O2/c13-10-6-7-14-11(12(10)15(16)17)8-9-4-2-1-3-5-9/h1-7H,8H2. The van der Waals surface area contributed by atoms with Crippen LogP contribution in [0.3, 0.4) is 0 Å². The Morgan fingerprint density at radius 1 is 1.24 bits per heavy atom. The lowest BCUT2D eigenvalue weighted by Crippen LogP contribution is -2.02. The van der Waals surface area contributed by atoms with Gasteiger partial charge in [0.2, 0.25) is 5.82 Å². The molecule has 0 bridgehead atoms. The van der Waals surface area contributed by atoms with Crippen LogP contribution in [0.4, 0.5) is 10.1 Å². The van der Waals surface area contributed by atoms with Crippen molar-refractivity contribution in [1.82, 2.24) is 4.98 Å². The third-order valence-electron chi connectivity index (χ3n) is 2.35. The Morgan fingerprint density at radius 3 is 2.59 bits per heavy atom. The zero-order chi connectivity index (χ0) is 12.3. The maximum atomic E-state index is 13.3. The number of nitro groups is 1. The summed E-state index contributed by atoms with van der Waals surface area (Å²) in [5, 5.41) is 10.8. The zero-order valence-corrected chi connectivity index (χ0v) is 8.84. The number of hydrogen-bond donors (Lipinski definition) is 0. The van der Waals surface area contributed by atoms with Crippen LogP contribution in [0.5, 0.6) is 0 Å². The molecule has 17 heavy (non-hydrogen) atoms. The van der Waals surface area contributed by atoms with E-state index < -0.39 is 16.4 Å². The fourth-order valence-electron chi connectivity index (χ4n) is 1.58. The summed E-state index contributed by atoms with van der Waals surface area (Å²) in [5.74, 6) is -0.851. The molecule has 0 aliphatic carbocycles. The van der Waals surface area contributed by atoms with Crippen molar-refractivity contribution in [2.75, 3.05) is 0 Å². The molecule has 86 valence electrons. The number of halogens is 1. The van der Waals surface area contributed by atoms with E-state index in [-0.39, 0.29) is 12.1 Å². The summed E-state index contributed by atoms with van der Waals surface area (Å²) in [4.78, 5) is 13.9. The molecule has 0 radical (unpaired) electrons. The third kappa shape index (κ3) is 2.44. The monoisotopic (exact) mass is 232 g/mol. The topological polar surface area (TPSA) is 56.0 Å². The van der Waals surface area contributed by atoms with Crippen molar-refractivity contribution in [3.63, 3.8) is 0 Å². The quantitative estimate of drug-likeness (QED) is 0.604. The minimum absolute atomic E-state index is 0.140. The second-order valence-corrected chi connectivity index (χ2v) is 3.51. The summed E-state index contributed by atoms with van der Waals surface area (Å²) in [6.45, 7) is 0. The molecular weight excluding hydrogens is 223 g/mol. The normalized spacial score (nSPS) is 10.2. The molecule has 0 atom stereocenters. The van der Waals surface area contributed by atoms with Crippen LogP contribution >= 0.6 is 0 Å². The predicted octanol–water partition coefficient (Wildman–Crippen LogP) is 2.72. The van der Waals surface area contributed by atoms with Crippen molar-refractivity contribution in [1.29, 1.82) is 0 Å². The molecular formula is C12H9FN2O2. The smallest absolute Gasteiger partial charge is 0.258 e. The van der Waals surface area contributed by atoms with E-state index >= 15 is 0 Å². The molecule has 0 N–H and O–H groups in total. The van der Waals surface area contributed by atoms with Gasteiger partial charge in [0.25, 0.3) is 0 Å². The van der Waals surface area contributed by atoms with Gasteiger partial charge in [-0.1, -0.05) is 30.3 Å². The van der Waals surface area contributed by atoms with Gasteiger partial charge in [0, 0.05) is 12.6 Å². The molecule has 4 nitrogen and oxygen atoms in total. The number of aromatic nitrogens is 1. The maximum absolute atomic E-state index is 13.3. The second kappa shape index (κ2) is 4.69. The van der Waals surface area contributed by atoms with Crippen LogP contribution in [0.25, 0.3) is 0 Å². The highest BCUT2D eigenvalue weighted by Crippen LogP contribution is 2.22. The van der Waals surface area contributed by atoms with E-state index in [4.69, 9.17) is 0 Å². The summed E-state index contributed by atoms with van der Waals surface area (Å²) in [6, 6.07) is 10.1. The average molecular weight is 232 g/mol. The maximum Gasteiger partial charge on any atom is 0.326 e. The highest BCUT2D eigenvalue weighted by atomic mass is 19.1. The van der Waals surface area contributed by atoms with E-state index in [0.717, 1.165) is 11.6 Å². The largest absolute Gasteiger partial charge is 0.326 e. The Morgan fingerprint density at radius 2 is 1.94 bits per heavy atom. The fraction of sp³-hybridized carbons (Fsp3) is 0.0833. The predicted molar refractivity (Wildman–Crippen MR) is 60.1 cm³/mol. The van der Waals surface area contributed by atoms with Crippen LogP contribution in [0, 0.1) is 15.9 Å². The van der Waals surface area contributed by atoms with Gasteiger partial charge in [-0.25, -0.2) is 0 Å². The summed E-state index contributed by atoms with van der Waals surface area (Å²) in [5.41, 5.74) is 0.450. The molecule has 1 aromatic carbocycles. The summed E-state index contributed by atoms with van der Waals surface area (Å²) in [6.07, 6.45) is 1.48. The lowest BCUT2D eigenvalue weighted by atomic mass is 10.1. The van der Waals surface area contributed by atoms with Gasteiger partial charge in [-0.05, 0) is 11.6 Å². The van der Waals surface area contributed by atoms with Crippen molar-refractivity contribution in [2.24, 2.45) is 0 Å². The molecule has 0 fully saturated rings. The lowest BCUT2D eigenvalue weighted by Gasteiger charge is -2.02. The highest BCUT2D eigenvalue weighted by molar-refractivity contribution is 5.39. The van der Waals surface area contributed by atoms with Crippen LogP contribution in [-0.4, -0.2) is 9.91 Å². The van der Waals surface area contributed by atoms with Crippen LogP contribution in [0.15, 0.2) is 42.6 Å². The molecule has 0 unspecified atom stereocenters. The van der Waals surface area contributed by atoms with Crippen molar-refractivity contribution < 1.29 is 9.31 Å². The van der Waals surface area contributed by atoms with Crippen LogP contribution in [0.1, 0.15) is 11.3 Å². The number of benzene rings is 1. The molecule has 0 saturated carbocycles.